The summed E-state index contributed by atoms with van der Waals surface area (Å²) < 4.78 is 25.0. The molecule has 0 amide bonds. The Morgan fingerprint density at radius 2 is 1.83 bits per heavy atom. The van der Waals surface area contributed by atoms with Crippen LogP contribution in [0, 0.1) is 5.92 Å². The molecule has 0 radical (unpaired) electrons. The molecule has 1 atom stereocenters. The lowest BCUT2D eigenvalue weighted by Gasteiger charge is -1.98. The highest BCUT2D eigenvalue weighted by atomic mass is 19.3. The first kappa shape index (κ1) is 7.71. The van der Waals surface area contributed by atoms with E-state index < -0.39 is 11.8 Å². The second kappa shape index (κ2) is 2.54. The molecule has 0 heterocycles. The second-order valence-electron chi connectivity index (χ2n) is 3.35. The number of rotatable bonds is 2. The van der Waals surface area contributed by atoms with Crippen molar-refractivity contribution in [2.24, 2.45) is 5.92 Å². The molecule has 2 rings (SSSR count). The summed E-state index contributed by atoms with van der Waals surface area (Å²) in [6.07, 6.45) is 0.593. The fourth-order valence-electron chi connectivity index (χ4n) is 1.39. The van der Waals surface area contributed by atoms with Crippen LogP contribution in [-0.2, 0) is 6.42 Å². The lowest BCUT2D eigenvalue weighted by molar-refractivity contribution is 0.0989. The van der Waals surface area contributed by atoms with Gasteiger partial charge in [0.15, 0.2) is 0 Å². The molecule has 0 nitrogen and oxygen atoms in total. The van der Waals surface area contributed by atoms with Crippen LogP contribution in [0.5, 0.6) is 0 Å². The SMILES string of the molecule is FC1(F)CC1Cc1ccccc1. The minimum atomic E-state index is -2.38. The van der Waals surface area contributed by atoms with Crippen molar-refractivity contribution in [3.8, 4) is 0 Å². The molecule has 64 valence electrons. The molecule has 1 saturated carbocycles. The monoisotopic (exact) mass is 168 g/mol. The highest BCUT2D eigenvalue weighted by Crippen LogP contribution is 2.50. The van der Waals surface area contributed by atoms with Crippen LogP contribution in [0.1, 0.15) is 12.0 Å². The molecule has 1 aromatic rings. The van der Waals surface area contributed by atoms with E-state index in [1.807, 2.05) is 30.3 Å². The molecular weight excluding hydrogens is 158 g/mol. The zero-order chi connectivity index (χ0) is 8.60. The van der Waals surface area contributed by atoms with Crippen molar-refractivity contribution in [3.63, 3.8) is 0 Å². The number of hydrogen-bond donors (Lipinski definition) is 0. The van der Waals surface area contributed by atoms with Crippen molar-refractivity contribution in [3.05, 3.63) is 35.9 Å². The predicted molar refractivity (Wildman–Crippen MR) is 43.2 cm³/mol. The number of alkyl halides is 2. The standard InChI is InChI=1S/C10H10F2/c11-10(12)7-9(10)6-8-4-2-1-3-5-8/h1-5,9H,6-7H2. The maximum Gasteiger partial charge on any atom is 0.251 e. The molecule has 1 fully saturated rings. The van der Waals surface area contributed by atoms with Crippen LogP contribution in [0.4, 0.5) is 8.78 Å². The van der Waals surface area contributed by atoms with Gasteiger partial charge in [0, 0.05) is 12.3 Å². The molecule has 1 aliphatic rings. The quantitative estimate of drug-likeness (QED) is 0.637. The van der Waals surface area contributed by atoms with E-state index in [2.05, 4.69) is 0 Å². The zero-order valence-electron chi connectivity index (χ0n) is 6.63. The van der Waals surface area contributed by atoms with Gasteiger partial charge in [0.05, 0.1) is 0 Å². The van der Waals surface area contributed by atoms with Crippen LogP contribution >= 0.6 is 0 Å². The molecule has 1 unspecified atom stereocenters. The van der Waals surface area contributed by atoms with Gasteiger partial charge in [0.1, 0.15) is 0 Å². The van der Waals surface area contributed by atoms with E-state index >= 15 is 0 Å². The van der Waals surface area contributed by atoms with E-state index in [1.54, 1.807) is 0 Å². The average Bonchev–Trinajstić information content (AvgIpc) is 2.61. The fraction of sp³-hybridized carbons (Fsp3) is 0.400. The molecule has 0 N–H and O–H groups in total. The highest BCUT2D eigenvalue weighted by Gasteiger charge is 2.56. The summed E-state index contributed by atoms with van der Waals surface area (Å²) in [5.41, 5.74) is 1.01. The molecule has 2 heteroatoms. The van der Waals surface area contributed by atoms with Crippen LogP contribution < -0.4 is 0 Å². The van der Waals surface area contributed by atoms with Gasteiger partial charge in [-0.05, 0) is 12.0 Å². The Morgan fingerprint density at radius 3 is 2.33 bits per heavy atom. The normalized spacial score (nSPS) is 25.3. The van der Waals surface area contributed by atoms with E-state index in [4.69, 9.17) is 0 Å². The first-order valence-electron chi connectivity index (χ1n) is 4.10. The lowest BCUT2D eigenvalue weighted by Crippen LogP contribution is -1.96. The van der Waals surface area contributed by atoms with Crippen molar-refractivity contribution < 1.29 is 8.78 Å². The lowest BCUT2D eigenvalue weighted by atomic mass is 10.1. The van der Waals surface area contributed by atoms with Crippen molar-refractivity contribution in [2.45, 2.75) is 18.8 Å². The van der Waals surface area contributed by atoms with E-state index in [-0.39, 0.29) is 6.42 Å². The Hall–Kier alpha value is -0.920. The smallest absolute Gasteiger partial charge is 0.207 e. The third kappa shape index (κ3) is 1.47. The summed E-state index contributed by atoms with van der Waals surface area (Å²) in [7, 11) is 0. The van der Waals surface area contributed by atoms with Crippen molar-refractivity contribution in [1.82, 2.24) is 0 Å². The Bertz CT molecular complexity index is 266. The summed E-state index contributed by atoms with van der Waals surface area (Å²) in [5, 5.41) is 0. The van der Waals surface area contributed by atoms with Crippen LogP contribution in [0.2, 0.25) is 0 Å². The molecule has 1 aromatic carbocycles. The van der Waals surface area contributed by atoms with Crippen LogP contribution in [-0.4, -0.2) is 5.92 Å². The third-order valence-corrected chi connectivity index (χ3v) is 2.28. The number of benzene rings is 1. The van der Waals surface area contributed by atoms with Gasteiger partial charge in [-0.15, -0.1) is 0 Å². The molecule has 0 aromatic heterocycles. The summed E-state index contributed by atoms with van der Waals surface area (Å²) >= 11 is 0. The van der Waals surface area contributed by atoms with Gasteiger partial charge in [-0.25, -0.2) is 8.78 Å². The van der Waals surface area contributed by atoms with Gasteiger partial charge in [0.2, 0.25) is 0 Å². The number of halogens is 2. The van der Waals surface area contributed by atoms with E-state index in [1.165, 1.54) is 0 Å². The predicted octanol–water partition coefficient (Wildman–Crippen LogP) is 2.88. The number of hydrogen-bond acceptors (Lipinski definition) is 0. The van der Waals surface area contributed by atoms with Crippen LogP contribution in [0.15, 0.2) is 30.3 Å². The summed E-state index contributed by atoms with van der Waals surface area (Å²) in [4.78, 5) is 0. The van der Waals surface area contributed by atoms with Crippen molar-refractivity contribution in [2.75, 3.05) is 0 Å². The van der Waals surface area contributed by atoms with E-state index in [0.717, 1.165) is 5.56 Å². The van der Waals surface area contributed by atoms with Gasteiger partial charge in [-0.1, -0.05) is 30.3 Å². The third-order valence-electron chi connectivity index (χ3n) is 2.28. The minimum absolute atomic E-state index is 0.0713. The summed E-state index contributed by atoms with van der Waals surface area (Å²) in [5.74, 6) is -2.78. The topological polar surface area (TPSA) is 0 Å². The molecule has 0 aliphatic heterocycles. The van der Waals surface area contributed by atoms with Crippen LogP contribution in [0.3, 0.4) is 0 Å². The Kier molecular flexibility index (Phi) is 1.63. The molecular formula is C10H10F2. The first-order valence-corrected chi connectivity index (χ1v) is 4.10. The Morgan fingerprint density at radius 1 is 1.25 bits per heavy atom. The largest absolute Gasteiger partial charge is 0.251 e. The van der Waals surface area contributed by atoms with Gasteiger partial charge >= 0.3 is 0 Å². The van der Waals surface area contributed by atoms with Gasteiger partial charge in [-0.3, -0.25) is 0 Å². The van der Waals surface area contributed by atoms with Gasteiger partial charge in [0.25, 0.3) is 5.92 Å². The molecule has 0 bridgehead atoms. The Labute approximate surface area is 70.2 Å². The van der Waals surface area contributed by atoms with Crippen molar-refractivity contribution in [1.29, 1.82) is 0 Å². The summed E-state index contributed by atoms with van der Waals surface area (Å²) in [6.45, 7) is 0. The fourth-order valence-corrected chi connectivity index (χ4v) is 1.39. The van der Waals surface area contributed by atoms with Gasteiger partial charge in [-0.2, -0.15) is 0 Å². The zero-order valence-corrected chi connectivity index (χ0v) is 6.63. The molecule has 0 saturated heterocycles. The van der Waals surface area contributed by atoms with E-state index in [0.29, 0.717) is 6.42 Å². The summed E-state index contributed by atoms with van der Waals surface area (Å²) in [6, 6.07) is 9.46. The van der Waals surface area contributed by atoms with E-state index in [9.17, 15) is 8.78 Å². The maximum atomic E-state index is 12.5. The van der Waals surface area contributed by atoms with Gasteiger partial charge < -0.3 is 0 Å². The minimum Gasteiger partial charge on any atom is -0.207 e. The highest BCUT2D eigenvalue weighted by molar-refractivity contribution is 5.17. The first-order chi connectivity index (χ1) is 5.68. The van der Waals surface area contributed by atoms with Crippen molar-refractivity contribution >= 4 is 0 Å². The maximum absolute atomic E-state index is 12.5. The molecule has 0 spiro atoms. The average molecular weight is 168 g/mol. The second-order valence-corrected chi connectivity index (χ2v) is 3.35. The molecule has 12 heavy (non-hydrogen) atoms. The van der Waals surface area contributed by atoms with Crippen LogP contribution in [0.25, 0.3) is 0 Å². The molecule has 1 aliphatic carbocycles. The Balaban J connectivity index is 1.98.